The maximum absolute atomic E-state index is 12.2. The summed E-state index contributed by atoms with van der Waals surface area (Å²) in [6.07, 6.45) is 6.01. The Kier molecular flexibility index (Phi) is 65.6. The fourth-order valence-corrected chi connectivity index (χ4v) is 0.599. The summed E-state index contributed by atoms with van der Waals surface area (Å²) in [6.45, 7) is 19.9. The molecule has 0 radical (unpaired) electrons. The van der Waals surface area contributed by atoms with E-state index in [0.29, 0.717) is 0 Å². The van der Waals surface area contributed by atoms with Gasteiger partial charge in [0.2, 0.25) is 0 Å². The highest BCUT2D eigenvalue weighted by Crippen LogP contribution is 2.02. The van der Waals surface area contributed by atoms with Crippen LogP contribution in [0.15, 0.2) is 30.8 Å². The SMILES string of the molecule is C=Cc1ccc(F)cc1.CC.CC.CC.CCCC.CS. The van der Waals surface area contributed by atoms with Crippen LogP contribution in [-0.4, -0.2) is 6.26 Å². The molecule has 128 valence electrons. The molecule has 0 aromatic heterocycles. The van der Waals surface area contributed by atoms with Crippen LogP contribution < -0.4 is 0 Å². The molecule has 0 amide bonds. The molecule has 0 saturated heterocycles. The number of unbranched alkanes of at least 4 members (excludes halogenated alkanes) is 1. The molecule has 0 aliphatic carbocycles. The van der Waals surface area contributed by atoms with Gasteiger partial charge in [0.15, 0.2) is 0 Å². The van der Waals surface area contributed by atoms with Crippen LogP contribution in [0.1, 0.15) is 73.8 Å². The van der Waals surface area contributed by atoms with E-state index in [2.05, 4.69) is 33.1 Å². The van der Waals surface area contributed by atoms with Crippen molar-refractivity contribution < 1.29 is 4.39 Å². The first-order valence-corrected chi connectivity index (χ1v) is 8.96. The zero-order chi connectivity index (χ0) is 18.1. The Morgan fingerprint density at radius 2 is 1.14 bits per heavy atom. The van der Waals surface area contributed by atoms with Crippen molar-refractivity contribution in [2.45, 2.75) is 68.2 Å². The number of hydrogen-bond donors (Lipinski definition) is 1. The smallest absolute Gasteiger partial charge is 0.123 e. The molecule has 0 bridgehead atoms. The van der Waals surface area contributed by atoms with E-state index in [0.717, 1.165) is 5.56 Å². The van der Waals surface area contributed by atoms with Crippen LogP contribution in [0.5, 0.6) is 0 Å². The van der Waals surface area contributed by atoms with Crippen molar-refractivity contribution in [3.05, 3.63) is 42.2 Å². The Labute approximate surface area is 140 Å². The van der Waals surface area contributed by atoms with Crippen LogP contribution >= 0.6 is 12.6 Å². The largest absolute Gasteiger partial charge is 0.207 e. The van der Waals surface area contributed by atoms with Gasteiger partial charge in [0.05, 0.1) is 0 Å². The standard InChI is InChI=1S/C8H7F.C4H10.3C2H6.CH4S/c1-2-7-3-5-8(9)6-4-7;1-3-4-2;4*1-2/h2-6H,1H2;3-4H2,1-2H3;3*1-2H3;2H,1H3. The predicted octanol–water partition coefficient (Wildman–Crippen LogP) is 7.90. The number of rotatable bonds is 2. The van der Waals surface area contributed by atoms with Gasteiger partial charge in [-0.3, -0.25) is 0 Å². The quantitative estimate of drug-likeness (QED) is 0.526. The number of thiol groups is 1. The maximum atomic E-state index is 12.2. The molecule has 0 saturated carbocycles. The fraction of sp³-hybridized carbons (Fsp3) is 0.579. The fourth-order valence-electron chi connectivity index (χ4n) is 0.599. The highest BCUT2D eigenvalue weighted by molar-refractivity contribution is 7.79. The first-order chi connectivity index (χ1) is 10.2. The Balaban J connectivity index is -0.0000000606. The van der Waals surface area contributed by atoms with Crippen LogP contribution in [0.25, 0.3) is 6.08 Å². The molecule has 1 aromatic rings. The molecule has 0 aliphatic rings. The molecular weight excluding hydrogens is 279 g/mol. The average Bonchev–Trinajstić information content (AvgIpc) is 2.63. The summed E-state index contributed by atoms with van der Waals surface area (Å²) < 4.78 is 12.2. The summed E-state index contributed by atoms with van der Waals surface area (Å²) >= 11 is 3.53. The van der Waals surface area contributed by atoms with Gasteiger partial charge < -0.3 is 0 Å². The van der Waals surface area contributed by atoms with Gasteiger partial charge >= 0.3 is 0 Å². The summed E-state index contributed by atoms with van der Waals surface area (Å²) in [7, 11) is 0. The van der Waals surface area contributed by atoms with Crippen molar-refractivity contribution >= 4 is 18.7 Å². The third-order valence-electron chi connectivity index (χ3n) is 1.61. The monoisotopic (exact) mass is 318 g/mol. The molecule has 0 N–H and O–H groups in total. The lowest BCUT2D eigenvalue weighted by molar-refractivity contribution is 0.628. The zero-order valence-corrected chi connectivity index (χ0v) is 16.7. The number of halogens is 1. The van der Waals surface area contributed by atoms with E-state index in [4.69, 9.17) is 0 Å². The molecule has 1 aromatic carbocycles. The van der Waals surface area contributed by atoms with Crippen LogP contribution in [0.4, 0.5) is 4.39 Å². The van der Waals surface area contributed by atoms with Crippen molar-refractivity contribution in [1.82, 2.24) is 0 Å². The molecule has 0 nitrogen and oxygen atoms in total. The lowest BCUT2D eigenvalue weighted by Gasteiger charge is -1.88. The predicted molar refractivity (Wildman–Crippen MR) is 106 cm³/mol. The van der Waals surface area contributed by atoms with Gasteiger partial charge in [-0.2, -0.15) is 12.6 Å². The Morgan fingerprint density at radius 1 is 0.857 bits per heavy atom. The second kappa shape index (κ2) is 42.7. The molecule has 0 spiro atoms. The van der Waals surface area contributed by atoms with E-state index in [-0.39, 0.29) is 5.82 Å². The minimum atomic E-state index is -0.208. The van der Waals surface area contributed by atoms with Crippen LogP contribution in [0.2, 0.25) is 0 Å². The number of benzene rings is 1. The van der Waals surface area contributed by atoms with Crippen molar-refractivity contribution in [2.24, 2.45) is 0 Å². The van der Waals surface area contributed by atoms with E-state index >= 15 is 0 Å². The second-order valence-corrected chi connectivity index (χ2v) is 2.76. The average molecular weight is 319 g/mol. The highest BCUT2D eigenvalue weighted by Gasteiger charge is 1.85. The normalized spacial score (nSPS) is 6.43. The summed E-state index contributed by atoms with van der Waals surface area (Å²) in [5.41, 5.74) is 0.941. The van der Waals surface area contributed by atoms with Crippen molar-refractivity contribution in [1.29, 1.82) is 0 Å². The van der Waals surface area contributed by atoms with Crippen LogP contribution in [-0.2, 0) is 0 Å². The summed E-state index contributed by atoms with van der Waals surface area (Å²) in [5, 5.41) is 0. The van der Waals surface area contributed by atoms with Gasteiger partial charge in [-0.05, 0) is 24.0 Å². The summed E-state index contributed by atoms with van der Waals surface area (Å²) in [6, 6.07) is 6.19. The third-order valence-corrected chi connectivity index (χ3v) is 1.61. The zero-order valence-electron chi connectivity index (χ0n) is 15.8. The van der Waals surface area contributed by atoms with E-state index in [1.54, 1.807) is 24.5 Å². The lowest BCUT2D eigenvalue weighted by Crippen LogP contribution is -1.72. The van der Waals surface area contributed by atoms with Gasteiger partial charge in [0.25, 0.3) is 0 Å². The van der Waals surface area contributed by atoms with Gasteiger partial charge in [-0.15, -0.1) is 0 Å². The topological polar surface area (TPSA) is 0 Å². The van der Waals surface area contributed by atoms with Crippen LogP contribution in [0.3, 0.4) is 0 Å². The lowest BCUT2D eigenvalue weighted by atomic mass is 10.2. The maximum Gasteiger partial charge on any atom is 0.123 e. The van der Waals surface area contributed by atoms with Crippen LogP contribution in [0, 0.1) is 5.82 Å². The van der Waals surface area contributed by atoms with Gasteiger partial charge in [0, 0.05) is 0 Å². The minimum absolute atomic E-state index is 0.208. The summed E-state index contributed by atoms with van der Waals surface area (Å²) in [5.74, 6) is -0.208. The van der Waals surface area contributed by atoms with E-state index in [1.807, 2.05) is 41.5 Å². The molecular formula is C19H39FS. The first-order valence-electron chi connectivity index (χ1n) is 8.07. The second-order valence-electron chi connectivity index (χ2n) is 2.76. The van der Waals surface area contributed by atoms with E-state index in [9.17, 15) is 4.39 Å². The molecule has 0 unspecified atom stereocenters. The van der Waals surface area contributed by atoms with Crippen molar-refractivity contribution in [3.8, 4) is 0 Å². The van der Waals surface area contributed by atoms with Gasteiger partial charge in [-0.25, -0.2) is 4.39 Å². The third kappa shape index (κ3) is 38.2. The van der Waals surface area contributed by atoms with Gasteiger partial charge in [-0.1, -0.05) is 93.0 Å². The molecule has 0 atom stereocenters. The van der Waals surface area contributed by atoms with Crippen molar-refractivity contribution in [2.75, 3.05) is 6.26 Å². The first kappa shape index (κ1) is 32.3. The molecule has 0 aliphatic heterocycles. The van der Waals surface area contributed by atoms with Gasteiger partial charge in [0.1, 0.15) is 5.82 Å². The van der Waals surface area contributed by atoms with E-state index in [1.165, 1.54) is 25.0 Å². The molecule has 0 heterocycles. The Bertz CT molecular complexity index is 228. The highest BCUT2D eigenvalue weighted by atomic mass is 32.1. The van der Waals surface area contributed by atoms with Crippen molar-refractivity contribution in [3.63, 3.8) is 0 Å². The molecule has 0 fully saturated rings. The molecule has 2 heteroatoms. The molecule has 1 rings (SSSR count). The Morgan fingerprint density at radius 3 is 1.33 bits per heavy atom. The summed E-state index contributed by atoms with van der Waals surface area (Å²) in [4.78, 5) is 0. The minimum Gasteiger partial charge on any atom is -0.207 e. The molecule has 21 heavy (non-hydrogen) atoms. The Hall–Kier alpha value is -0.760. The van der Waals surface area contributed by atoms with E-state index < -0.39 is 0 Å². The number of hydrogen-bond acceptors (Lipinski definition) is 1.